The van der Waals surface area contributed by atoms with Gasteiger partial charge in [-0.1, -0.05) is 13.8 Å². The summed E-state index contributed by atoms with van der Waals surface area (Å²) in [6.45, 7) is 5.46. The van der Waals surface area contributed by atoms with Gasteiger partial charge < -0.3 is 27.2 Å². The van der Waals surface area contributed by atoms with Crippen molar-refractivity contribution in [2.24, 2.45) is 17.4 Å². The van der Waals surface area contributed by atoms with Crippen LogP contribution in [0.25, 0.3) is 0 Å². The first-order valence-electron chi connectivity index (χ1n) is 7.49. The van der Waals surface area contributed by atoms with Crippen molar-refractivity contribution >= 4 is 17.8 Å². The number of nitrogens with two attached hydrogens (primary N) is 2. The van der Waals surface area contributed by atoms with Crippen LogP contribution in [0.2, 0.25) is 0 Å². The predicted molar refractivity (Wildman–Crippen MR) is 82.9 cm³/mol. The second kappa shape index (κ2) is 10.1. The Labute approximate surface area is 131 Å². The molecule has 0 saturated heterocycles. The molecule has 0 radical (unpaired) electrons. The largest absolute Gasteiger partial charge is 0.480 e. The molecule has 0 aromatic heterocycles. The lowest BCUT2D eigenvalue weighted by atomic mass is 10.0. The normalized spacial score (nSPS) is 15.0. The van der Waals surface area contributed by atoms with Crippen LogP contribution in [0.5, 0.6) is 0 Å². The van der Waals surface area contributed by atoms with E-state index in [9.17, 15) is 14.4 Å². The highest BCUT2D eigenvalue weighted by Crippen LogP contribution is 2.04. The first kappa shape index (κ1) is 20.3. The Hall–Kier alpha value is -1.67. The number of hydrogen-bond acceptors (Lipinski definition) is 5. The van der Waals surface area contributed by atoms with Crippen LogP contribution in [0.4, 0.5) is 0 Å². The summed E-state index contributed by atoms with van der Waals surface area (Å²) in [7, 11) is 0. The molecule has 8 heteroatoms. The van der Waals surface area contributed by atoms with Gasteiger partial charge in [0.15, 0.2) is 0 Å². The zero-order chi connectivity index (χ0) is 17.3. The van der Waals surface area contributed by atoms with Gasteiger partial charge in [0.25, 0.3) is 0 Å². The first-order chi connectivity index (χ1) is 10.2. The zero-order valence-electron chi connectivity index (χ0n) is 13.5. The molecule has 0 aliphatic rings. The number of carboxylic acid groups (broad SMARTS) is 1. The lowest BCUT2D eigenvalue weighted by Gasteiger charge is -2.23. The number of aliphatic carboxylic acids is 1. The number of carboxylic acids is 1. The van der Waals surface area contributed by atoms with Crippen molar-refractivity contribution in [1.29, 1.82) is 0 Å². The fraction of sp³-hybridized carbons (Fsp3) is 0.786. The summed E-state index contributed by atoms with van der Waals surface area (Å²) >= 11 is 0. The minimum atomic E-state index is -1.14. The molecule has 0 bridgehead atoms. The van der Waals surface area contributed by atoms with Crippen molar-refractivity contribution in [2.75, 3.05) is 6.54 Å². The summed E-state index contributed by atoms with van der Waals surface area (Å²) in [5.41, 5.74) is 11.2. The van der Waals surface area contributed by atoms with E-state index in [1.54, 1.807) is 13.8 Å². The van der Waals surface area contributed by atoms with Crippen molar-refractivity contribution in [1.82, 2.24) is 10.6 Å². The van der Waals surface area contributed by atoms with Gasteiger partial charge in [-0.15, -0.1) is 0 Å². The summed E-state index contributed by atoms with van der Waals surface area (Å²) < 4.78 is 0. The van der Waals surface area contributed by atoms with Crippen LogP contribution in [-0.4, -0.2) is 47.6 Å². The summed E-state index contributed by atoms with van der Waals surface area (Å²) in [5, 5.41) is 13.8. The van der Waals surface area contributed by atoms with Crippen molar-refractivity contribution in [3.05, 3.63) is 0 Å². The minimum absolute atomic E-state index is 0.0642. The third kappa shape index (κ3) is 7.37. The van der Waals surface area contributed by atoms with Gasteiger partial charge in [0, 0.05) is 0 Å². The molecule has 0 heterocycles. The quantitative estimate of drug-likeness (QED) is 0.332. The maximum absolute atomic E-state index is 12.1. The standard InChI is InChI=1S/C14H28N4O4/c1-8(2)11(16)13(20)18-10(6-4-5-7-15)12(19)17-9(3)14(21)22/h8-11H,4-7,15-16H2,1-3H3,(H,17,19)(H,18,20)(H,21,22). The molecule has 0 aliphatic carbocycles. The smallest absolute Gasteiger partial charge is 0.325 e. The molecule has 0 saturated carbocycles. The first-order valence-corrected chi connectivity index (χ1v) is 7.49. The molecule has 7 N–H and O–H groups in total. The van der Waals surface area contributed by atoms with E-state index in [1.807, 2.05) is 0 Å². The Morgan fingerprint density at radius 3 is 2.09 bits per heavy atom. The molecule has 22 heavy (non-hydrogen) atoms. The molecular weight excluding hydrogens is 288 g/mol. The molecular formula is C14H28N4O4. The Morgan fingerprint density at radius 2 is 1.64 bits per heavy atom. The topological polar surface area (TPSA) is 148 Å². The molecule has 2 amide bonds. The Morgan fingerprint density at radius 1 is 1.05 bits per heavy atom. The highest BCUT2D eigenvalue weighted by Gasteiger charge is 2.26. The van der Waals surface area contributed by atoms with Gasteiger partial charge >= 0.3 is 5.97 Å². The number of carbonyl (C=O) groups excluding carboxylic acids is 2. The van der Waals surface area contributed by atoms with Gasteiger partial charge in [-0.05, 0) is 38.6 Å². The number of hydrogen-bond donors (Lipinski definition) is 5. The molecule has 0 fully saturated rings. The third-order valence-corrected chi connectivity index (χ3v) is 3.33. The fourth-order valence-corrected chi connectivity index (χ4v) is 1.71. The summed E-state index contributed by atoms with van der Waals surface area (Å²) in [6.07, 6.45) is 1.74. The van der Waals surface area contributed by atoms with Gasteiger partial charge in [0.2, 0.25) is 11.8 Å². The van der Waals surface area contributed by atoms with Gasteiger partial charge in [0.1, 0.15) is 12.1 Å². The van der Waals surface area contributed by atoms with E-state index >= 15 is 0 Å². The number of carbonyl (C=O) groups is 3. The van der Waals surface area contributed by atoms with E-state index in [0.29, 0.717) is 25.8 Å². The van der Waals surface area contributed by atoms with E-state index in [4.69, 9.17) is 16.6 Å². The molecule has 0 aromatic carbocycles. The monoisotopic (exact) mass is 316 g/mol. The zero-order valence-corrected chi connectivity index (χ0v) is 13.5. The predicted octanol–water partition coefficient (Wildman–Crippen LogP) is -0.827. The average Bonchev–Trinajstić information content (AvgIpc) is 2.44. The fourth-order valence-electron chi connectivity index (χ4n) is 1.71. The van der Waals surface area contributed by atoms with E-state index in [1.165, 1.54) is 6.92 Å². The molecule has 128 valence electrons. The van der Waals surface area contributed by atoms with Crippen LogP contribution in [0, 0.1) is 5.92 Å². The van der Waals surface area contributed by atoms with E-state index in [2.05, 4.69) is 10.6 Å². The molecule has 3 unspecified atom stereocenters. The van der Waals surface area contributed by atoms with Crippen LogP contribution in [-0.2, 0) is 14.4 Å². The number of nitrogens with one attached hydrogen (secondary N) is 2. The molecule has 0 aromatic rings. The van der Waals surface area contributed by atoms with Gasteiger partial charge in [-0.25, -0.2) is 0 Å². The highest BCUT2D eigenvalue weighted by molar-refractivity contribution is 5.91. The van der Waals surface area contributed by atoms with Crippen molar-refractivity contribution < 1.29 is 19.5 Å². The maximum Gasteiger partial charge on any atom is 0.325 e. The lowest BCUT2D eigenvalue weighted by molar-refractivity contribution is -0.141. The summed E-state index contributed by atoms with van der Waals surface area (Å²) in [4.78, 5) is 34.9. The summed E-state index contributed by atoms with van der Waals surface area (Å²) in [5.74, 6) is -2.16. The summed E-state index contributed by atoms with van der Waals surface area (Å²) in [6, 6.07) is -2.56. The van der Waals surface area contributed by atoms with Crippen LogP contribution in [0.15, 0.2) is 0 Å². The van der Waals surface area contributed by atoms with Crippen LogP contribution in [0.1, 0.15) is 40.0 Å². The maximum atomic E-state index is 12.1. The van der Waals surface area contributed by atoms with E-state index in [0.717, 1.165) is 0 Å². The van der Waals surface area contributed by atoms with Crippen LogP contribution < -0.4 is 22.1 Å². The number of amides is 2. The Kier molecular flexibility index (Phi) is 9.35. The molecule has 0 spiro atoms. The number of unbranched alkanes of at least 4 members (excludes halogenated alkanes) is 1. The average molecular weight is 316 g/mol. The molecule has 8 nitrogen and oxygen atoms in total. The molecule has 0 aliphatic heterocycles. The van der Waals surface area contributed by atoms with Crippen molar-refractivity contribution in [2.45, 2.75) is 58.2 Å². The minimum Gasteiger partial charge on any atom is -0.480 e. The van der Waals surface area contributed by atoms with Crippen molar-refractivity contribution in [3.8, 4) is 0 Å². The second-order valence-electron chi connectivity index (χ2n) is 5.68. The van der Waals surface area contributed by atoms with Crippen molar-refractivity contribution in [3.63, 3.8) is 0 Å². The number of rotatable bonds is 10. The highest BCUT2D eigenvalue weighted by atomic mass is 16.4. The van der Waals surface area contributed by atoms with Crippen LogP contribution >= 0.6 is 0 Å². The van der Waals surface area contributed by atoms with Gasteiger partial charge in [-0.3, -0.25) is 14.4 Å². The third-order valence-electron chi connectivity index (χ3n) is 3.33. The SMILES string of the molecule is CC(NC(=O)C(CCCCN)NC(=O)C(N)C(C)C)C(=O)O. The Balaban J connectivity index is 4.77. The van der Waals surface area contributed by atoms with Crippen LogP contribution in [0.3, 0.4) is 0 Å². The molecule has 3 atom stereocenters. The van der Waals surface area contributed by atoms with E-state index < -0.39 is 35.9 Å². The second-order valence-corrected chi connectivity index (χ2v) is 5.68. The molecule has 0 rings (SSSR count). The van der Waals surface area contributed by atoms with Gasteiger partial charge in [-0.2, -0.15) is 0 Å². The van der Waals surface area contributed by atoms with Gasteiger partial charge in [0.05, 0.1) is 6.04 Å². The van der Waals surface area contributed by atoms with E-state index in [-0.39, 0.29) is 5.92 Å². The lowest BCUT2D eigenvalue weighted by Crippen LogP contribution is -2.54. The Bertz CT molecular complexity index is 387.